The molecule has 0 saturated heterocycles. The largest absolute Gasteiger partial charge is 0.334 e. The van der Waals surface area contributed by atoms with Gasteiger partial charge in [0.2, 0.25) is 11.1 Å². The summed E-state index contributed by atoms with van der Waals surface area (Å²) >= 11 is 2.99. The molecule has 0 radical (unpaired) electrons. The van der Waals surface area contributed by atoms with E-state index in [-0.39, 0.29) is 12.3 Å². The van der Waals surface area contributed by atoms with Crippen molar-refractivity contribution in [3.05, 3.63) is 64.1 Å². The maximum atomic E-state index is 11.9. The highest BCUT2D eigenvalue weighted by molar-refractivity contribution is 7.99. The first-order valence-electron chi connectivity index (χ1n) is 8.57. The van der Waals surface area contributed by atoms with E-state index < -0.39 is 6.03 Å². The monoisotopic (exact) mass is 413 g/mol. The summed E-state index contributed by atoms with van der Waals surface area (Å²) in [5.74, 6) is 0.788. The van der Waals surface area contributed by atoms with Gasteiger partial charge in [0.05, 0.1) is 0 Å². The molecule has 0 aliphatic carbocycles. The zero-order chi connectivity index (χ0) is 19.6. The lowest BCUT2D eigenvalue weighted by atomic mass is 10.2. The van der Waals surface area contributed by atoms with Gasteiger partial charge >= 0.3 is 6.03 Å². The van der Waals surface area contributed by atoms with E-state index in [0.29, 0.717) is 23.3 Å². The third-order valence-electron chi connectivity index (χ3n) is 3.54. The van der Waals surface area contributed by atoms with Gasteiger partial charge in [-0.2, -0.15) is 0 Å². The second-order valence-electron chi connectivity index (χ2n) is 5.67. The average Bonchev–Trinajstić information content (AvgIpc) is 3.37. The minimum absolute atomic E-state index is 0.193. The first kappa shape index (κ1) is 19.8. The van der Waals surface area contributed by atoms with Crippen molar-refractivity contribution in [2.45, 2.75) is 18.1 Å². The van der Waals surface area contributed by atoms with E-state index in [0.717, 1.165) is 10.4 Å². The van der Waals surface area contributed by atoms with Crippen LogP contribution in [0.25, 0.3) is 12.2 Å². The number of urea groups is 1. The molecule has 28 heavy (non-hydrogen) atoms. The standard InChI is InChI=1S/C19H19N5O2S2/c25-17(22-18(26)20-13-14-5-2-1-3-6-14)10-12-28-19-21-16(23-24-19)9-8-15-7-4-11-27-15/h1-9,11H,10,12-13H2,(H,21,23,24)(H2,20,22,25,26)/b9-8+. The van der Waals surface area contributed by atoms with Gasteiger partial charge < -0.3 is 5.32 Å². The summed E-state index contributed by atoms with van der Waals surface area (Å²) in [6.45, 7) is 0.369. The molecule has 0 unspecified atom stereocenters. The van der Waals surface area contributed by atoms with Gasteiger partial charge in [0.1, 0.15) is 5.82 Å². The minimum atomic E-state index is -0.502. The molecule has 3 N–H and O–H groups in total. The summed E-state index contributed by atoms with van der Waals surface area (Å²) in [7, 11) is 0. The lowest BCUT2D eigenvalue weighted by molar-refractivity contribution is -0.119. The number of thiophene rings is 1. The number of hydrogen-bond donors (Lipinski definition) is 3. The Morgan fingerprint density at radius 3 is 2.79 bits per heavy atom. The summed E-state index contributed by atoms with van der Waals surface area (Å²) in [6.07, 6.45) is 4.01. The molecule has 2 aromatic heterocycles. The van der Waals surface area contributed by atoms with Gasteiger partial charge in [0.15, 0.2) is 0 Å². The van der Waals surface area contributed by atoms with E-state index in [9.17, 15) is 9.59 Å². The van der Waals surface area contributed by atoms with Crippen LogP contribution in [0.1, 0.15) is 22.7 Å². The van der Waals surface area contributed by atoms with Crippen LogP contribution in [0.3, 0.4) is 0 Å². The minimum Gasteiger partial charge on any atom is -0.334 e. The third-order valence-corrected chi connectivity index (χ3v) is 5.23. The molecule has 3 amide bonds. The van der Waals surface area contributed by atoms with Crippen molar-refractivity contribution in [2.24, 2.45) is 0 Å². The van der Waals surface area contributed by atoms with Crippen LogP contribution >= 0.6 is 23.1 Å². The number of aromatic amines is 1. The number of amides is 3. The summed E-state index contributed by atoms with van der Waals surface area (Å²) in [6, 6.07) is 13.0. The molecule has 2 heterocycles. The van der Waals surface area contributed by atoms with Crippen LogP contribution in [0.4, 0.5) is 4.79 Å². The number of nitrogens with one attached hydrogen (secondary N) is 3. The van der Waals surface area contributed by atoms with Crippen LogP contribution in [-0.4, -0.2) is 32.9 Å². The topological polar surface area (TPSA) is 99.8 Å². The molecule has 0 saturated carbocycles. The van der Waals surface area contributed by atoms with Crippen LogP contribution in [0.15, 0.2) is 53.0 Å². The molecule has 9 heteroatoms. The molecular formula is C19H19N5O2S2. The number of H-pyrrole nitrogens is 1. The van der Waals surface area contributed by atoms with Gasteiger partial charge in [-0.1, -0.05) is 48.2 Å². The molecule has 0 bridgehead atoms. The van der Waals surface area contributed by atoms with Gasteiger partial charge in [0.25, 0.3) is 0 Å². The van der Waals surface area contributed by atoms with E-state index in [2.05, 4.69) is 25.8 Å². The maximum Gasteiger partial charge on any atom is 0.321 e. The van der Waals surface area contributed by atoms with E-state index in [1.54, 1.807) is 11.3 Å². The van der Waals surface area contributed by atoms with Crippen molar-refractivity contribution in [1.82, 2.24) is 25.8 Å². The molecule has 0 spiro atoms. The Morgan fingerprint density at radius 1 is 1.14 bits per heavy atom. The normalized spacial score (nSPS) is 10.9. The highest BCUT2D eigenvalue weighted by Gasteiger charge is 2.09. The molecule has 3 rings (SSSR count). The first-order valence-corrected chi connectivity index (χ1v) is 10.4. The van der Waals surface area contributed by atoms with Crippen molar-refractivity contribution in [3.63, 3.8) is 0 Å². The lowest BCUT2D eigenvalue weighted by Crippen LogP contribution is -2.39. The van der Waals surface area contributed by atoms with E-state index in [4.69, 9.17) is 0 Å². The highest BCUT2D eigenvalue weighted by atomic mass is 32.2. The fraction of sp³-hybridized carbons (Fsp3) is 0.158. The maximum absolute atomic E-state index is 11.9. The number of benzene rings is 1. The summed E-state index contributed by atoms with van der Waals surface area (Å²) in [4.78, 5) is 29.1. The third kappa shape index (κ3) is 6.67. The summed E-state index contributed by atoms with van der Waals surface area (Å²) in [5, 5.41) is 14.5. The fourth-order valence-electron chi connectivity index (χ4n) is 2.19. The number of nitrogens with zero attached hydrogens (tertiary/aromatic N) is 2. The quantitative estimate of drug-likeness (QED) is 0.491. The Labute approximate surface area is 170 Å². The zero-order valence-corrected chi connectivity index (χ0v) is 16.6. The van der Waals surface area contributed by atoms with Crippen molar-refractivity contribution >= 4 is 47.2 Å². The van der Waals surface area contributed by atoms with Crippen LogP contribution in [0.2, 0.25) is 0 Å². The number of thioether (sulfide) groups is 1. The fourth-order valence-corrected chi connectivity index (χ4v) is 3.55. The zero-order valence-electron chi connectivity index (χ0n) is 14.9. The number of aromatic nitrogens is 3. The van der Waals surface area contributed by atoms with Crippen LogP contribution in [0.5, 0.6) is 0 Å². The predicted octanol–water partition coefficient (Wildman–Crippen LogP) is 3.54. The Hall–Kier alpha value is -2.91. The number of hydrogen-bond acceptors (Lipinski definition) is 6. The Balaban J connectivity index is 1.34. The summed E-state index contributed by atoms with van der Waals surface area (Å²) < 4.78 is 0. The number of carbonyl (C=O) groups excluding carboxylic acids is 2. The number of imide groups is 1. The Bertz CT molecular complexity index is 923. The average molecular weight is 414 g/mol. The van der Waals surface area contributed by atoms with Gasteiger partial charge in [-0.15, -0.1) is 16.4 Å². The molecular weight excluding hydrogens is 394 g/mol. The summed E-state index contributed by atoms with van der Waals surface area (Å²) in [5.41, 5.74) is 0.967. The molecule has 1 aromatic carbocycles. The molecule has 0 atom stereocenters. The smallest absolute Gasteiger partial charge is 0.321 e. The SMILES string of the molecule is O=C(CCSc1n[nH]c(/C=C/c2cccs2)n1)NC(=O)NCc1ccccc1. The lowest BCUT2D eigenvalue weighted by Gasteiger charge is -2.06. The van der Waals surface area contributed by atoms with Gasteiger partial charge in [0, 0.05) is 23.6 Å². The molecule has 0 aliphatic rings. The second kappa shape index (κ2) is 10.4. The van der Waals surface area contributed by atoms with Crippen molar-refractivity contribution in [3.8, 4) is 0 Å². The predicted molar refractivity (Wildman–Crippen MR) is 112 cm³/mol. The number of rotatable bonds is 8. The van der Waals surface area contributed by atoms with E-state index in [1.807, 2.05) is 60.0 Å². The van der Waals surface area contributed by atoms with E-state index in [1.165, 1.54) is 11.8 Å². The Kier molecular flexibility index (Phi) is 7.39. The van der Waals surface area contributed by atoms with Crippen molar-refractivity contribution < 1.29 is 9.59 Å². The second-order valence-corrected chi connectivity index (χ2v) is 7.71. The van der Waals surface area contributed by atoms with Crippen molar-refractivity contribution in [1.29, 1.82) is 0 Å². The molecule has 7 nitrogen and oxygen atoms in total. The van der Waals surface area contributed by atoms with E-state index >= 15 is 0 Å². The van der Waals surface area contributed by atoms with Crippen LogP contribution < -0.4 is 10.6 Å². The Morgan fingerprint density at radius 2 is 2.00 bits per heavy atom. The molecule has 3 aromatic rings. The van der Waals surface area contributed by atoms with Crippen LogP contribution in [-0.2, 0) is 11.3 Å². The molecule has 0 fully saturated rings. The van der Waals surface area contributed by atoms with Gasteiger partial charge in [-0.25, -0.2) is 9.78 Å². The molecule has 0 aliphatic heterocycles. The first-order chi connectivity index (χ1) is 13.7. The molecule has 144 valence electrons. The highest BCUT2D eigenvalue weighted by Crippen LogP contribution is 2.15. The van der Waals surface area contributed by atoms with Crippen molar-refractivity contribution in [2.75, 3.05) is 5.75 Å². The van der Waals surface area contributed by atoms with Gasteiger partial charge in [-0.3, -0.25) is 15.2 Å². The van der Waals surface area contributed by atoms with Gasteiger partial charge in [-0.05, 0) is 29.2 Å². The number of carbonyl (C=O) groups is 2. The van der Waals surface area contributed by atoms with Crippen LogP contribution in [0, 0.1) is 0 Å².